The van der Waals surface area contributed by atoms with Crippen LogP contribution in [0.15, 0.2) is 35.2 Å². The number of hydrogen-bond donors (Lipinski definition) is 3. The van der Waals surface area contributed by atoms with E-state index < -0.39 is 36.6 Å². The number of hydrogen-bond acceptors (Lipinski definition) is 8. The number of aromatic nitrogens is 4. The number of nitrogens with one attached hydrogen (secondary N) is 2. The summed E-state index contributed by atoms with van der Waals surface area (Å²) in [6, 6.07) is 2.73. The van der Waals surface area contributed by atoms with E-state index in [1.54, 1.807) is 13.8 Å². The van der Waals surface area contributed by atoms with Crippen molar-refractivity contribution >= 4 is 35.1 Å². The van der Waals surface area contributed by atoms with Gasteiger partial charge in [-0.2, -0.15) is 18.3 Å². The van der Waals surface area contributed by atoms with Crippen molar-refractivity contribution in [2.45, 2.75) is 33.0 Å². The normalized spacial score (nSPS) is 15.2. The summed E-state index contributed by atoms with van der Waals surface area (Å²) in [5.74, 6) is -2.12. The Kier molecular flexibility index (Phi) is 6.62. The van der Waals surface area contributed by atoms with Crippen LogP contribution in [0.5, 0.6) is 0 Å². The van der Waals surface area contributed by atoms with Gasteiger partial charge in [0.2, 0.25) is 11.8 Å². The average molecular weight is 521 g/mol. The van der Waals surface area contributed by atoms with E-state index in [-0.39, 0.29) is 40.4 Å². The van der Waals surface area contributed by atoms with Crippen molar-refractivity contribution in [2.75, 3.05) is 28.6 Å². The Morgan fingerprint density at radius 3 is 2.70 bits per heavy atom. The number of carbonyl (C=O) groups is 3. The summed E-state index contributed by atoms with van der Waals surface area (Å²) in [7, 11) is 0. The Bertz CT molecular complexity index is 1350. The van der Waals surface area contributed by atoms with E-state index in [9.17, 15) is 27.6 Å². The van der Waals surface area contributed by atoms with Gasteiger partial charge in [0.05, 0.1) is 6.20 Å². The standard InChI is InChI=1S/C22H22F3N7O5/c1-21(2)4-6-32(20(21)36)17-13(8-31(30-17)9-16(33)34)28-18(35)14-10-37-19(29-14)12-3-5-26-15(7-12)27-11-22(23,24)25/h3,5,7-8,10H,4,6,9,11H2,1-2H3,(H,26,27)(H,28,35)(H,33,34). The number of carboxylic acids is 1. The summed E-state index contributed by atoms with van der Waals surface area (Å²) >= 11 is 0. The van der Waals surface area contributed by atoms with Gasteiger partial charge in [-0.25, -0.2) is 9.97 Å². The lowest BCUT2D eigenvalue weighted by molar-refractivity contribution is -0.137. The smallest absolute Gasteiger partial charge is 0.405 e. The van der Waals surface area contributed by atoms with Gasteiger partial charge < -0.3 is 20.2 Å². The van der Waals surface area contributed by atoms with Gasteiger partial charge in [0.25, 0.3) is 5.91 Å². The highest BCUT2D eigenvalue weighted by atomic mass is 19.4. The first-order chi connectivity index (χ1) is 17.3. The molecule has 0 radical (unpaired) electrons. The Morgan fingerprint density at radius 1 is 1.30 bits per heavy atom. The van der Waals surface area contributed by atoms with Gasteiger partial charge in [0.15, 0.2) is 11.5 Å². The molecule has 3 N–H and O–H groups in total. The van der Waals surface area contributed by atoms with Crippen molar-refractivity contribution in [1.82, 2.24) is 19.7 Å². The third kappa shape index (κ3) is 5.87. The molecule has 3 aromatic heterocycles. The number of pyridine rings is 1. The monoisotopic (exact) mass is 521 g/mol. The van der Waals surface area contributed by atoms with Gasteiger partial charge in [0.1, 0.15) is 30.9 Å². The van der Waals surface area contributed by atoms with Gasteiger partial charge in [-0.05, 0) is 18.6 Å². The number of oxazole rings is 1. The molecule has 0 aliphatic carbocycles. The number of carbonyl (C=O) groups excluding carboxylic acids is 2. The average Bonchev–Trinajstić information content (AvgIpc) is 3.51. The van der Waals surface area contributed by atoms with Crippen LogP contribution in [0.2, 0.25) is 0 Å². The topological polar surface area (TPSA) is 155 Å². The number of halogens is 3. The largest absolute Gasteiger partial charge is 0.480 e. The molecule has 15 heteroatoms. The van der Waals surface area contributed by atoms with Crippen molar-refractivity contribution in [3.8, 4) is 11.5 Å². The fourth-order valence-corrected chi connectivity index (χ4v) is 3.63. The van der Waals surface area contributed by atoms with Gasteiger partial charge in [-0.1, -0.05) is 13.8 Å². The molecule has 1 aliphatic rings. The Labute approximate surface area is 207 Å². The molecule has 0 atom stereocenters. The third-order valence-corrected chi connectivity index (χ3v) is 5.54. The molecule has 4 heterocycles. The van der Waals surface area contributed by atoms with Crippen molar-refractivity contribution in [3.05, 3.63) is 36.5 Å². The van der Waals surface area contributed by atoms with E-state index >= 15 is 0 Å². The van der Waals surface area contributed by atoms with Gasteiger partial charge in [0, 0.05) is 23.7 Å². The molecule has 4 rings (SSSR count). The molecule has 196 valence electrons. The molecule has 3 aromatic rings. The van der Waals surface area contributed by atoms with Crippen LogP contribution in [-0.4, -0.2) is 61.9 Å². The molecule has 0 saturated carbocycles. The molecule has 1 aliphatic heterocycles. The molecule has 37 heavy (non-hydrogen) atoms. The molecule has 1 fully saturated rings. The third-order valence-electron chi connectivity index (χ3n) is 5.54. The predicted molar refractivity (Wildman–Crippen MR) is 123 cm³/mol. The number of carboxylic acid groups (broad SMARTS) is 1. The molecule has 12 nitrogen and oxygen atoms in total. The van der Waals surface area contributed by atoms with E-state index in [0.29, 0.717) is 13.0 Å². The highest BCUT2D eigenvalue weighted by Crippen LogP contribution is 2.36. The number of rotatable bonds is 8. The summed E-state index contributed by atoms with van der Waals surface area (Å²) in [5.41, 5.74) is -0.429. The van der Waals surface area contributed by atoms with Crippen LogP contribution in [0.3, 0.4) is 0 Å². The summed E-state index contributed by atoms with van der Waals surface area (Å²) in [5, 5.41) is 18.0. The number of alkyl halides is 3. The van der Waals surface area contributed by atoms with Crippen LogP contribution < -0.4 is 15.5 Å². The zero-order chi connectivity index (χ0) is 27.0. The van der Waals surface area contributed by atoms with Gasteiger partial charge in [-0.15, -0.1) is 0 Å². The van der Waals surface area contributed by atoms with E-state index in [0.717, 1.165) is 10.9 Å². The molecule has 1 saturated heterocycles. The zero-order valence-corrected chi connectivity index (χ0v) is 19.7. The summed E-state index contributed by atoms with van der Waals surface area (Å²) in [6.07, 6.45) is -0.278. The fraction of sp³-hybridized carbons (Fsp3) is 0.364. The maximum absolute atomic E-state index is 12.9. The van der Waals surface area contributed by atoms with Crippen LogP contribution in [0.4, 0.5) is 30.5 Å². The lowest BCUT2D eigenvalue weighted by Gasteiger charge is -2.18. The van der Waals surface area contributed by atoms with Crippen molar-refractivity contribution in [3.63, 3.8) is 0 Å². The van der Waals surface area contributed by atoms with Crippen LogP contribution >= 0.6 is 0 Å². The lowest BCUT2D eigenvalue weighted by Crippen LogP contribution is -2.32. The predicted octanol–water partition coefficient (Wildman–Crippen LogP) is 3.01. The minimum Gasteiger partial charge on any atom is -0.480 e. The minimum absolute atomic E-state index is 0.0409. The molecule has 0 aromatic carbocycles. The van der Waals surface area contributed by atoms with Crippen molar-refractivity contribution < 1.29 is 37.1 Å². The van der Waals surface area contributed by atoms with E-state index in [4.69, 9.17) is 9.52 Å². The second-order valence-electron chi connectivity index (χ2n) is 8.94. The van der Waals surface area contributed by atoms with Crippen LogP contribution in [-0.2, 0) is 16.1 Å². The Hall–Kier alpha value is -4.43. The molecule has 0 bridgehead atoms. The molecular formula is C22H22F3N7O5. The zero-order valence-electron chi connectivity index (χ0n) is 19.7. The second kappa shape index (κ2) is 9.55. The van der Waals surface area contributed by atoms with Crippen LogP contribution in [0, 0.1) is 5.41 Å². The van der Waals surface area contributed by atoms with Gasteiger partial charge >= 0.3 is 12.1 Å². The molecule has 0 spiro atoms. The fourth-order valence-electron chi connectivity index (χ4n) is 3.63. The van der Waals surface area contributed by atoms with Gasteiger partial charge in [-0.3, -0.25) is 24.0 Å². The highest BCUT2D eigenvalue weighted by Gasteiger charge is 2.41. The molecule has 0 unspecified atom stereocenters. The Morgan fingerprint density at radius 2 is 2.05 bits per heavy atom. The van der Waals surface area contributed by atoms with Crippen molar-refractivity contribution in [1.29, 1.82) is 0 Å². The summed E-state index contributed by atoms with van der Waals surface area (Å²) in [4.78, 5) is 46.1. The van der Waals surface area contributed by atoms with Crippen molar-refractivity contribution in [2.24, 2.45) is 5.41 Å². The minimum atomic E-state index is -4.43. The van der Waals surface area contributed by atoms with E-state index in [2.05, 4.69) is 25.7 Å². The lowest BCUT2D eigenvalue weighted by atomic mass is 9.92. The van der Waals surface area contributed by atoms with Crippen LogP contribution in [0.25, 0.3) is 11.5 Å². The molecule has 2 amide bonds. The quantitative estimate of drug-likeness (QED) is 0.406. The molecular weight excluding hydrogens is 499 g/mol. The number of amides is 2. The maximum atomic E-state index is 12.9. The van der Waals surface area contributed by atoms with E-state index in [1.807, 2.05) is 0 Å². The number of nitrogens with zero attached hydrogens (tertiary/aromatic N) is 5. The Balaban J connectivity index is 1.54. The number of aliphatic carboxylic acids is 1. The highest BCUT2D eigenvalue weighted by molar-refractivity contribution is 6.07. The first-order valence-electron chi connectivity index (χ1n) is 11.0. The maximum Gasteiger partial charge on any atom is 0.405 e. The summed E-state index contributed by atoms with van der Waals surface area (Å²) in [6.45, 7) is 2.12. The first kappa shape index (κ1) is 25.7. The van der Waals surface area contributed by atoms with E-state index in [1.165, 1.54) is 29.4 Å². The van der Waals surface area contributed by atoms with Crippen LogP contribution in [0.1, 0.15) is 30.8 Å². The first-order valence-corrected chi connectivity index (χ1v) is 11.0. The summed E-state index contributed by atoms with van der Waals surface area (Å²) < 4.78 is 43.8. The number of anilines is 3. The second-order valence-corrected chi connectivity index (χ2v) is 8.94. The SMILES string of the molecule is CC1(C)CCN(c2nn(CC(=O)O)cc2NC(=O)c2coc(-c3ccnc(NCC(F)(F)F)c3)n2)C1=O.